The molecule has 6 nitrogen and oxygen atoms in total. The second-order valence-electron chi connectivity index (χ2n) is 8.21. The van der Waals surface area contributed by atoms with E-state index >= 15 is 0 Å². The summed E-state index contributed by atoms with van der Waals surface area (Å²) in [6.45, 7) is 4.62. The van der Waals surface area contributed by atoms with Gasteiger partial charge in [0.1, 0.15) is 17.9 Å². The van der Waals surface area contributed by atoms with Crippen molar-refractivity contribution in [2.75, 3.05) is 37.7 Å². The van der Waals surface area contributed by atoms with Crippen molar-refractivity contribution in [2.24, 2.45) is 0 Å². The topological polar surface area (TPSA) is 54.4 Å². The van der Waals surface area contributed by atoms with Crippen LogP contribution < -0.4 is 9.64 Å². The minimum atomic E-state index is -0.605. The Kier molecular flexibility index (Phi) is 4.75. The summed E-state index contributed by atoms with van der Waals surface area (Å²) in [6.07, 6.45) is 9.68. The highest BCUT2D eigenvalue weighted by atomic mass is 35.5. The third-order valence-electron chi connectivity index (χ3n) is 6.54. The smallest absolute Gasteiger partial charge is 0.319 e. The van der Waals surface area contributed by atoms with Crippen LogP contribution in [0.2, 0.25) is 5.15 Å². The maximum absolute atomic E-state index is 14.7. The van der Waals surface area contributed by atoms with Crippen molar-refractivity contribution in [3.8, 4) is 6.01 Å². The number of anilines is 1. The van der Waals surface area contributed by atoms with Gasteiger partial charge in [0.2, 0.25) is 0 Å². The van der Waals surface area contributed by atoms with Crippen LogP contribution >= 0.6 is 11.6 Å². The summed E-state index contributed by atoms with van der Waals surface area (Å²) in [4.78, 5) is 17.8. The number of hydrogen-bond donors (Lipinski definition) is 0. The van der Waals surface area contributed by atoms with Gasteiger partial charge in [-0.2, -0.15) is 9.97 Å². The largest absolute Gasteiger partial charge is 0.461 e. The fourth-order valence-electron chi connectivity index (χ4n) is 5.07. The molecule has 150 valence electrons. The van der Waals surface area contributed by atoms with E-state index in [4.69, 9.17) is 21.3 Å². The number of hydrogen-bond acceptors (Lipinski definition) is 6. The van der Waals surface area contributed by atoms with Crippen LogP contribution in [0.25, 0.3) is 10.9 Å². The minimum absolute atomic E-state index is 0.0953. The first-order valence-electron chi connectivity index (χ1n) is 10.3. The Bertz CT molecular complexity index is 879. The van der Waals surface area contributed by atoms with Crippen LogP contribution in [-0.2, 0) is 0 Å². The molecule has 8 heteroatoms. The summed E-state index contributed by atoms with van der Waals surface area (Å²) in [5, 5.41) is 0.427. The van der Waals surface area contributed by atoms with Gasteiger partial charge < -0.3 is 9.64 Å². The van der Waals surface area contributed by atoms with Crippen molar-refractivity contribution in [3.63, 3.8) is 0 Å². The molecule has 28 heavy (non-hydrogen) atoms. The normalized spacial score (nSPS) is 22.0. The van der Waals surface area contributed by atoms with Gasteiger partial charge in [0.15, 0.2) is 11.0 Å². The van der Waals surface area contributed by atoms with E-state index in [0.717, 1.165) is 51.9 Å². The molecule has 5 rings (SSSR count). The van der Waals surface area contributed by atoms with E-state index in [1.54, 1.807) is 6.20 Å². The summed E-state index contributed by atoms with van der Waals surface area (Å²) in [5.74, 6) is 0.0983. The fourth-order valence-corrected chi connectivity index (χ4v) is 5.21. The SMILES string of the molecule is Fc1c(Cl)ncc2c(N3CCCCC3)nc(OCC34CCCN3CCC4)nc12. The monoisotopic (exact) mass is 405 g/mol. The molecule has 3 saturated heterocycles. The van der Waals surface area contributed by atoms with Crippen LogP contribution in [0.4, 0.5) is 10.2 Å². The molecule has 0 atom stereocenters. The van der Waals surface area contributed by atoms with Gasteiger partial charge in [0.05, 0.1) is 10.9 Å². The zero-order chi connectivity index (χ0) is 19.1. The Hall–Kier alpha value is -1.73. The molecular weight excluding hydrogens is 381 g/mol. The molecule has 0 spiro atoms. The Morgan fingerprint density at radius 2 is 1.79 bits per heavy atom. The molecule has 0 aromatic carbocycles. The second-order valence-corrected chi connectivity index (χ2v) is 8.57. The van der Waals surface area contributed by atoms with Crippen molar-refractivity contribution in [2.45, 2.75) is 50.5 Å². The Morgan fingerprint density at radius 1 is 1.04 bits per heavy atom. The number of rotatable bonds is 4. The van der Waals surface area contributed by atoms with E-state index in [2.05, 4.69) is 19.8 Å². The standard InChI is InChI=1S/C20H25ClFN5O/c21-17-15(22)16-14(12-23-17)18(26-8-2-1-3-9-26)25-19(24-16)28-13-20-6-4-10-27(20)11-5-7-20/h12H,1-11,13H2. The van der Waals surface area contributed by atoms with Gasteiger partial charge in [-0.3, -0.25) is 4.90 Å². The second kappa shape index (κ2) is 7.26. The van der Waals surface area contributed by atoms with Crippen molar-refractivity contribution < 1.29 is 9.13 Å². The van der Waals surface area contributed by atoms with Crippen molar-refractivity contribution in [3.05, 3.63) is 17.2 Å². The molecule has 3 aliphatic rings. The average molecular weight is 406 g/mol. The summed E-state index contributed by atoms with van der Waals surface area (Å²) in [6, 6.07) is 0.238. The van der Waals surface area contributed by atoms with Gasteiger partial charge in [-0.05, 0) is 58.0 Å². The highest BCUT2D eigenvalue weighted by Crippen LogP contribution is 2.39. The zero-order valence-electron chi connectivity index (χ0n) is 16.0. The molecule has 3 aliphatic heterocycles. The molecule has 0 radical (unpaired) electrons. The van der Waals surface area contributed by atoms with E-state index in [1.165, 1.54) is 19.3 Å². The number of ether oxygens (including phenoxy) is 1. The Morgan fingerprint density at radius 3 is 2.54 bits per heavy atom. The van der Waals surface area contributed by atoms with Gasteiger partial charge in [0, 0.05) is 19.3 Å². The lowest BCUT2D eigenvalue weighted by Gasteiger charge is -2.32. The number of fused-ring (bicyclic) bond motifs is 2. The number of piperidine rings is 1. The summed E-state index contributed by atoms with van der Waals surface area (Å²) in [7, 11) is 0. The van der Waals surface area contributed by atoms with E-state index in [-0.39, 0.29) is 22.2 Å². The molecular formula is C20H25ClFN5O. The number of nitrogens with zero attached hydrogens (tertiary/aromatic N) is 5. The highest BCUT2D eigenvalue weighted by Gasteiger charge is 2.45. The molecule has 0 saturated carbocycles. The van der Waals surface area contributed by atoms with Gasteiger partial charge in [-0.25, -0.2) is 9.37 Å². The highest BCUT2D eigenvalue weighted by molar-refractivity contribution is 6.30. The molecule has 0 aliphatic carbocycles. The molecule has 0 amide bonds. The molecule has 3 fully saturated rings. The Balaban J connectivity index is 1.50. The van der Waals surface area contributed by atoms with Gasteiger partial charge in [-0.15, -0.1) is 0 Å². The molecule has 0 unspecified atom stereocenters. The van der Waals surface area contributed by atoms with Crippen LogP contribution in [0, 0.1) is 5.82 Å². The van der Waals surface area contributed by atoms with Crippen LogP contribution in [0.5, 0.6) is 6.01 Å². The summed E-state index contributed by atoms with van der Waals surface area (Å²) in [5.41, 5.74) is 0.288. The van der Waals surface area contributed by atoms with E-state index < -0.39 is 5.82 Å². The maximum atomic E-state index is 14.7. The lowest BCUT2D eigenvalue weighted by molar-refractivity contribution is 0.108. The predicted molar refractivity (Wildman–Crippen MR) is 107 cm³/mol. The van der Waals surface area contributed by atoms with Crippen LogP contribution in [0.3, 0.4) is 0 Å². The van der Waals surface area contributed by atoms with Gasteiger partial charge >= 0.3 is 6.01 Å². The predicted octanol–water partition coefficient (Wildman–Crippen LogP) is 3.81. The van der Waals surface area contributed by atoms with Gasteiger partial charge in [0.25, 0.3) is 0 Å². The molecule has 2 aromatic heterocycles. The molecule has 2 aromatic rings. The summed E-state index contributed by atoms with van der Waals surface area (Å²) < 4.78 is 20.8. The first kappa shape index (κ1) is 18.3. The Labute approximate surface area is 169 Å². The van der Waals surface area contributed by atoms with E-state index in [1.807, 2.05) is 0 Å². The zero-order valence-corrected chi connectivity index (χ0v) is 16.7. The first-order valence-corrected chi connectivity index (χ1v) is 10.7. The molecule has 5 heterocycles. The van der Waals surface area contributed by atoms with E-state index in [9.17, 15) is 4.39 Å². The summed E-state index contributed by atoms with van der Waals surface area (Å²) >= 11 is 5.92. The quantitative estimate of drug-likeness (QED) is 0.721. The van der Waals surface area contributed by atoms with Crippen LogP contribution in [0.1, 0.15) is 44.9 Å². The average Bonchev–Trinajstić information content (AvgIpc) is 3.30. The first-order chi connectivity index (χ1) is 13.7. The van der Waals surface area contributed by atoms with Crippen LogP contribution in [0.15, 0.2) is 6.20 Å². The number of pyridine rings is 1. The van der Waals surface area contributed by atoms with Crippen molar-refractivity contribution in [1.82, 2.24) is 19.9 Å². The number of halogens is 2. The fraction of sp³-hybridized carbons (Fsp3) is 0.650. The maximum Gasteiger partial charge on any atom is 0.319 e. The van der Waals surface area contributed by atoms with Crippen molar-refractivity contribution in [1.29, 1.82) is 0 Å². The molecule has 0 N–H and O–H groups in total. The van der Waals surface area contributed by atoms with Crippen LogP contribution in [-0.4, -0.2) is 58.2 Å². The molecule has 0 bridgehead atoms. The van der Waals surface area contributed by atoms with Gasteiger partial charge in [-0.1, -0.05) is 11.6 Å². The lowest BCUT2D eigenvalue weighted by atomic mass is 9.95. The third kappa shape index (κ3) is 3.08. The van der Waals surface area contributed by atoms with Crippen molar-refractivity contribution >= 4 is 28.3 Å². The lowest BCUT2D eigenvalue weighted by Crippen LogP contribution is -2.43. The van der Waals surface area contributed by atoms with E-state index in [0.29, 0.717) is 17.8 Å². The third-order valence-corrected chi connectivity index (χ3v) is 6.80. The minimum Gasteiger partial charge on any atom is -0.461 e. The number of aromatic nitrogens is 3.